The number of aromatic carboxylic acids is 1. The van der Waals surface area contributed by atoms with Gasteiger partial charge in [-0.25, -0.2) is 14.8 Å². The van der Waals surface area contributed by atoms with Crippen LogP contribution in [0.2, 0.25) is 0 Å². The van der Waals surface area contributed by atoms with Crippen LogP contribution in [0.5, 0.6) is 5.75 Å². The van der Waals surface area contributed by atoms with Gasteiger partial charge in [0, 0.05) is 7.05 Å². The molecule has 18 heavy (non-hydrogen) atoms. The molecule has 96 valence electrons. The average Bonchev–Trinajstić information content (AvgIpc) is 2.59. The second-order valence-corrected chi connectivity index (χ2v) is 4.40. The Hall–Kier alpha value is -2.11. The van der Waals surface area contributed by atoms with Gasteiger partial charge in [-0.1, -0.05) is 0 Å². The Morgan fingerprint density at radius 1 is 1.50 bits per heavy atom. The van der Waals surface area contributed by atoms with Crippen molar-refractivity contribution in [3.05, 3.63) is 17.6 Å². The Balaban J connectivity index is 2.80. The van der Waals surface area contributed by atoms with E-state index in [2.05, 4.69) is 9.97 Å². The lowest BCUT2D eigenvalue weighted by Gasteiger charge is -2.14. The summed E-state index contributed by atoms with van der Waals surface area (Å²) < 4.78 is 7.35. The molecule has 1 N–H and O–H groups in total. The van der Waals surface area contributed by atoms with E-state index in [1.165, 1.54) is 0 Å². The van der Waals surface area contributed by atoms with Crippen molar-refractivity contribution in [2.24, 2.45) is 7.05 Å². The molecule has 0 aliphatic carbocycles. The van der Waals surface area contributed by atoms with Gasteiger partial charge in [0.25, 0.3) is 0 Å². The minimum Gasteiger partial charge on any atom is -0.488 e. The summed E-state index contributed by atoms with van der Waals surface area (Å²) in [5.41, 5.74) is 1.60. The molecule has 0 aliphatic rings. The lowest BCUT2D eigenvalue weighted by molar-refractivity contribution is 0.0689. The van der Waals surface area contributed by atoms with Crippen molar-refractivity contribution in [1.82, 2.24) is 14.5 Å². The summed E-state index contributed by atoms with van der Waals surface area (Å²) in [4.78, 5) is 19.8. The second-order valence-electron chi connectivity index (χ2n) is 4.40. The Kier molecular flexibility index (Phi) is 2.94. The molecular weight excluding hydrogens is 234 g/mol. The van der Waals surface area contributed by atoms with Crippen LogP contribution in [0.3, 0.4) is 0 Å². The normalized spacial score (nSPS) is 11.2. The van der Waals surface area contributed by atoms with Crippen molar-refractivity contribution in [1.29, 1.82) is 0 Å². The number of aryl methyl sites for hydroxylation is 2. The number of carboxylic acids is 1. The van der Waals surface area contributed by atoms with E-state index in [1.807, 2.05) is 13.8 Å². The number of hydrogen-bond donors (Lipinski definition) is 1. The fourth-order valence-corrected chi connectivity index (χ4v) is 1.82. The molecule has 0 fully saturated rings. The number of nitrogens with zero attached hydrogens (tertiary/aromatic N) is 3. The molecule has 6 heteroatoms. The highest BCUT2D eigenvalue weighted by molar-refractivity contribution is 5.98. The van der Waals surface area contributed by atoms with Crippen molar-refractivity contribution in [2.75, 3.05) is 0 Å². The van der Waals surface area contributed by atoms with E-state index in [0.717, 1.165) is 0 Å². The van der Waals surface area contributed by atoms with Gasteiger partial charge in [-0.3, -0.25) is 0 Å². The van der Waals surface area contributed by atoms with Gasteiger partial charge in [0.2, 0.25) is 0 Å². The lowest BCUT2D eigenvalue weighted by Crippen LogP contribution is -2.13. The zero-order chi connectivity index (χ0) is 13.4. The van der Waals surface area contributed by atoms with Crippen LogP contribution in [0, 0.1) is 6.92 Å². The Morgan fingerprint density at radius 2 is 2.17 bits per heavy atom. The fourth-order valence-electron chi connectivity index (χ4n) is 1.82. The first-order valence-corrected chi connectivity index (χ1v) is 5.63. The quantitative estimate of drug-likeness (QED) is 0.896. The van der Waals surface area contributed by atoms with Crippen LogP contribution >= 0.6 is 0 Å². The van der Waals surface area contributed by atoms with Gasteiger partial charge in [0.15, 0.2) is 16.9 Å². The molecule has 0 saturated carbocycles. The molecule has 0 aromatic carbocycles. The number of pyridine rings is 1. The standard InChI is InChI=1S/C12H15N3O3/c1-6(2)18-10-8(12(16)17)7(3)14-11-9(10)13-5-15(11)4/h5-6H,1-4H3,(H,16,17). The van der Waals surface area contributed by atoms with Gasteiger partial charge in [-0.05, 0) is 20.8 Å². The van der Waals surface area contributed by atoms with Crippen molar-refractivity contribution < 1.29 is 14.6 Å². The van der Waals surface area contributed by atoms with Crippen LogP contribution < -0.4 is 4.74 Å². The lowest BCUT2D eigenvalue weighted by atomic mass is 10.1. The Morgan fingerprint density at radius 3 is 2.72 bits per heavy atom. The molecule has 2 heterocycles. The number of aromatic nitrogens is 3. The molecule has 0 spiro atoms. The van der Waals surface area contributed by atoms with Crippen LogP contribution in [0.1, 0.15) is 29.9 Å². The summed E-state index contributed by atoms with van der Waals surface area (Å²) in [6.45, 7) is 5.34. The summed E-state index contributed by atoms with van der Waals surface area (Å²) in [7, 11) is 1.81. The van der Waals surface area contributed by atoms with Crippen molar-refractivity contribution in [3.63, 3.8) is 0 Å². The SMILES string of the molecule is Cc1nc2c(ncn2C)c(OC(C)C)c1C(=O)O. The second kappa shape index (κ2) is 4.29. The first kappa shape index (κ1) is 12.3. The summed E-state index contributed by atoms with van der Waals surface area (Å²) in [6.07, 6.45) is 1.46. The minimum absolute atomic E-state index is 0.0786. The highest BCUT2D eigenvalue weighted by Gasteiger charge is 2.22. The van der Waals surface area contributed by atoms with Gasteiger partial charge in [0.05, 0.1) is 18.1 Å². The maximum absolute atomic E-state index is 11.3. The number of ether oxygens (including phenoxy) is 1. The number of carboxylic acid groups (broad SMARTS) is 1. The molecule has 0 unspecified atom stereocenters. The Labute approximate surface area is 104 Å². The highest BCUT2D eigenvalue weighted by atomic mass is 16.5. The number of fused-ring (bicyclic) bond motifs is 1. The third-order valence-corrected chi connectivity index (χ3v) is 2.55. The van der Waals surface area contributed by atoms with Gasteiger partial charge >= 0.3 is 5.97 Å². The topological polar surface area (TPSA) is 77.2 Å². The van der Waals surface area contributed by atoms with Gasteiger partial charge in [-0.15, -0.1) is 0 Å². The zero-order valence-corrected chi connectivity index (χ0v) is 10.8. The largest absolute Gasteiger partial charge is 0.488 e. The predicted molar refractivity (Wildman–Crippen MR) is 66.0 cm³/mol. The summed E-state index contributed by atoms with van der Waals surface area (Å²) >= 11 is 0. The summed E-state index contributed by atoms with van der Waals surface area (Å²) in [5, 5.41) is 9.27. The third-order valence-electron chi connectivity index (χ3n) is 2.55. The van der Waals surface area contributed by atoms with Gasteiger partial charge in [0.1, 0.15) is 5.56 Å². The van der Waals surface area contributed by atoms with E-state index in [-0.39, 0.29) is 11.7 Å². The number of hydrogen-bond acceptors (Lipinski definition) is 4. The summed E-state index contributed by atoms with van der Waals surface area (Å²) in [5.74, 6) is -0.760. The molecule has 0 bridgehead atoms. The van der Waals surface area contributed by atoms with E-state index in [9.17, 15) is 9.90 Å². The van der Waals surface area contributed by atoms with Crippen LogP contribution in [0.25, 0.3) is 11.2 Å². The molecule has 0 radical (unpaired) electrons. The molecular formula is C12H15N3O3. The third kappa shape index (κ3) is 1.90. The molecule has 0 amide bonds. The monoisotopic (exact) mass is 249 g/mol. The number of rotatable bonds is 3. The highest BCUT2D eigenvalue weighted by Crippen LogP contribution is 2.30. The first-order valence-electron chi connectivity index (χ1n) is 5.63. The minimum atomic E-state index is -1.05. The maximum atomic E-state index is 11.3. The molecule has 0 saturated heterocycles. The zero-order valence-electron chi connectivity index (χ0n) is 10.8. The average molecular weight is 249 g/mol. The number of imidazole rings is 1. The molecule has 2 aromatic rings. The maximum Gasteiger partial charge on any atom is 0.341 e. The van der Waals surface area contributed by atoms with E-state index in [0.29, 0.717) is 22.6 Å². The van der Waals surface area contributed by atoms with Crippen molar-refractivity contribution >= 4 is 17.1 Å². The smallest absolute Gasteiger partial charge is 0.341 e. The first-order chi connectivity index (χ1) is 8.41. The van der Waals surface area contributed by atoms with E-state index >= 15 is 0 Å². The predicted octanol–water partition coefficient (Wildman–Crippen LogP) is 1.76. The van der Waals surface area contributed by atoms with E-state index in [1.54, 1.807) is 24.9 Å². The number of carbonyl (C=O) groups is 1. The molecule has 2 rings (SSSR count). The molecule has 0 aliphatic heterocycles. The molecule has 0 atom stereocenters. The van der Waals surface area contributed by atoms with Gasteiger partial charge < -0.3 is 14.4 Å². The molecule has 2 aromatic heterocycles. The van der Waals surface area contributed by atoms with Crippen LogP contribution in [-0.4, -0.2) is 31.7 Å². The summed E-state index contributed by atoms with van der Waals surface area (Å²) in [6, 6.07) is 0. The Bertz CT molecular complexity index is 617. The van der Waals surface area contributed by atoms with Crippen molar-refractivity contribution in [3.8, 4) is 5.75 Å². The molecule has 6 nitrogen and oxygen atoms in total. The van der Waals surface area contributed by atoms with Crippen LogP contribution in [0.4, 0.5) is 0 Å². The van der Waals surface area contributed by atoms with Crippen molar-refractivity contribution in [2.45, 2.75) is 26.9 Å². The van der Waals surface area contributed by atoms with E-state index < -0.39 is 5.97 Å². The van der Waals surface area contributed by atoms with Crippen LogP contribution in [-0.2, 0) is 7.05 Å². The van der Waals surface area contributed by atoms with E-state index in [4.69, 9.17) is 4.74 Å². The van der Waals surface area contributed by atoms with Gasteiger partial charge in [-0.2, -0.15) is 0 Å². The fraction of sp³-hybridized carbons (Fsp3) is 0.417. The van der Waals surface area contributed by atoms with Crippen LogP contribution in [0.15, 0.2) is 6.33 Å².